The summed E-state index contributed by atoms with van der Waals surface area (Å²) >= 11 is 0. The van der Waals surface area contributed by atoms with Gasteiger partial charge in [-0.15, -0.1) is 0 Å². The first-order chi connectivity index (χ1) is 8.81. The summed E-state index contributed by atoms with van der Waals surface area (Å²) in [4.78, 5) is 0. The molecule has 0 bridgehead atoms. The van der Waals surface area contributed by atoms with Gasteiger partial charge in [0.25, 0.3) is 0 Å². The van der Waals surface area contributed by atoms with Crippen LogP contribution < -0.4 is 0 Å². The molecule has 0 aromatic heterocycles. The Hall–Kier alpha value is -0.300. The van der Waals surface area contributed by atoms with E-state index in [1.54, 1.807) is 0 Å². The molecular formula is C17H34O. The zero-order valence-corrected chi connectivity index (χ0v) is 12.7. The standard InChI is InChI=1S/C17H34O/c1-3-4-5-6-7-8-9-10-11-12-13-14-15-17(2)16-18/h13-14,17-18H,3-12,15-16H2,1-2H3. The number of hydrogen-bond acceptors (Lipinski definition) is 1. The third-order valence-corrected chi connectivity index (χ3v) is 3.49. The van der Waals surface area contributed by atoms with Gasteiger partial charge in [0.1, 0.15) is 0 Å². The first-order valence-electron chi connectivity index (χ1n) is 8.07. The van der Waals surface area contributed by atoms with Crippen LogP contribution in [0, 0.1) is 5.92 Å². The van der Waals surface area contributed by atoms with Crippen molar-refractivity contribution in [2.45, 2.75) is 84.5 Å². The average molecular weight is 254 g/mol. The SMILES string of the molecule is CCCCCCCCCCCC=CCC(C)CO. The van der Waals surface area contributed by atoms with E-state index in [-0.39, 0.29) is 0 Å². The largest absolute Gasteiger partial charge is 0.396 e. The lowest BCUT2D eigenvalue weighted by Crippen LogP contribution is -1.97. The summed E-state index contributed by atoms with van der Waals surface area (Å²) in [6, 6.07) is 0. The maximum atomic E-state index is 8.88. The zero-order chi connectivity index (χ0) is 13.5. The second-order valence-electron chi connectivity index (χ2n) is 5.61. The predicted molar refractivity (Wildman–Crippen MR) is 81.9 cm³/mol. The first-order valence-corrected chi connectivity index (χ1v) is 8.07. The molecule has 0 spiro atoms. The third kappa shape index (κ3) is 13.8. The van der Waals surface area contributed by atoms with Gasteiger partial charge < -0.3 is 5.11 Å². The number of aliphatic hydroxyl groups is 1. The summed E-state index contributed by atoms with van der Waals surface area (Å²) in [5.41, 5.74) is 0. The van der Waals surface area contributed by atoms with Gasteiger partial charge in [-0.05, 0) is 25.2 Å². The van der Waals surface area contributed by atoms with Gasteiger partial charge in [-0.1, -0.05) is 77.4 Å². The van der Waals surface area contributed by atoms with Crippen molar-refractivity contribution in [2.24, 2.45) is 5.92 Å². The Morgan fingerprint density at radius 1 is 0.833 bits per heavy atom. The van der Waals surface area contributed by atoms with Crippen LogP contribution in [-0.2, 0) is 0 Å². The van der Waals surface area contributed by atoms with E-state index in [2.05, 4.69) is 26.0 Å². The van der Waals surface area contributed by atoms with Crippen LogP contribution in [0.2, 0.25) is 0 Å². The van der Waals surface area contributed by atoms with E-state index in [0.29, 0.717) is 12.5 Å². The van der Waals surface area contributed by atoms with E-state index in [0.717, 1.165) is 6.42 Å². The van der Waals surface area contributed by atoms with Crippen LogP contribution >= 0.6 is 0 Å². The van der Waals surface area contributed by atoms with Gasteiger partial charge in [0.15, 0.2) is 0 Å². The summed E-state index contributed by atoms with van der Waals surface area (Å²) in [5.74, 6) is 0.421. The Morgan fingerprint density at radius 2 is 1.39 bits per heavy atom. The molecule has 0 aliphatic carbocycles. The van der Waals surface area contributed by atoms with Gasteiger partial charge in [-0.2, -0.15) is 0 Å². The van der Waals surface area contributed by atoms with Crippen molar-refractivity contribution in [3.63, 3.8) is 0 Å². The fourth-order valence-electron chi connectivity index (χ4n) is 2.09. The minimum atomic E-state index is 0.308. The van der Waals surface area contributed by atoms with Crippen LogP contribution in [0.3, 0.4) is 0 Å². The molecule has 0 amide bonds. The Morgan fingerprint density at radius 3 is 1.94 bits per heavy atom. The summed E-state index contributed by atoms with van der Waals surface area (Å²) < 4.78 is 0. The number of aliphatic hydroxyl groups excluding tert-OH is 1. The van der Waals surface area contributed by atoms with Gasteiger partial charge in [0.2, 0.25) is 0 Å². The second kappa shape index (κ2) is 14.8. The van der Waals surface area contributed by atoms with Gasteiger partial charge in [-0.3, -0.25) is 0 Å². The lowest BCUT2D eigenvalue weighted by atomic mass is 10.1. The van der Waals surface area contributed by atoms with E-state index in [1.807, 2.05) is 0 Å². The summed E-state index contributed by atoms with van der Waals surface area (Å²) in [6.07, 6.45) is 19.4. The maximum Gasteiger partial charge on any atom is 0.0459 e. The number of rotatable bonds is 13. The number of allylic oxidation sites excluding steroid dienone is 2. The molecule has 0 aliphatic rings. The highest BCUT2D eigenvalue weighted by atomic mass is 16.3. The molecule has 0 saturated heterocycles. The van der Waals surface area contributed by atoms with Crippen molar-refractivity contribution in [2.75, 3.05) is 6.61 Å². The molecular weight excluding hydrogens is 220 g/mol. The summed E-state index contributed by atoms with van der Waals surface area (Å²) in [7, 11) is 0. The Labute approximate surface area is 115 Å². The molecule has 1 N–H and O–H groups in total. The highest BCUT2D eigenvalue weighted by Crippen LogP contribution is 2.11. The predicted octanol–water partition coefficient (Wildman–Crippen LogP) is 5.48. The van der Waals surface area contributed by atoms with E-state index in [1.165, 1.54) is 64.2 Å². The van der Waals surface area contributed by atoms with Crippen molar-refractivity contribution in [3.8, 4) is 0 Å². The first kappa shape index (κ1) is 17.7. The molecule has 1 atom stereocenters. The van der Waals surface area contributed by atoms with E-state index in [4.69, 9.17) is 5.11 Å². The normalized spacial score (nSPS) is 13.3. The molecule has 0 heterocycles. The Balaban J connectivity index is 3.07. The molecule has 0 radical (unpaired) electrons. The molecule has 0 aromatic rings. The zero-order valence-electron chi connectivity index (χ0n) is 12.7. The van der Waals surface area contributed by atoms with E-state index < -0.39 is 0 Å². The smallest absolute Gasteiger partial charge is 0.0459 e. The fraction of sp³-hybridized carbons (Fsp3) is 0.882. The number of unbranched alkanes of at least 4 members (excludes halogenated alkanes) is 9. The minimum absolute atomic E-state index is 0.308. The highest BCUT2D eigenvalue weighted by Gasteiger charge is 1.94. The van der Waals surface area contributed by atoms with Crippen molar-refractivity contribution in [3.05, 3.63) is 12.2 Å². The van der Waals surface area contributed by atoms with Crippen LogP contribution in [0.5, 0.6) is 0 Å². The van der Waals surface area contributed by atoms with Crippen molar-refractivity contribution < 1.29 is 5.11 Å². The second-order valence-corrected chi connectivity index (χ2v) is 5.61. The molecule has 108 valence electrons. The average Bonchev–Trinajstić information content (AvgIpc) is 2.39. The Bertz CT molecular complexity index is 174. The van der Waals surface area contributed by atoms with Crippen LogP contribution in [0.1, 0.15) is 84.5 Å². The van der Waals surface area contributed by atoms with Crippen LogP contribution in [-0.4, -0.2) is 11.7 Å². The van der Waals surface area contributed by atoms with Crippen LogP contribution in [0.25, 0.3) is 0 Å². The summed E-state index contributed by atoms with van der Waals surface area (Å²) in [5, 5.41) is 8.88. The molecule has 1 heteroatoms. The van der Waals surface area contributed by atoms with Crippen molar-refractivity contribution in [1.29, 1.82) is 0 Å². The van der Waals surface area contributed by atoms with E-state index >= 15 is 0 Å². The molecule has 1 unspecified atom stereocenters. The monoisotopic (exact) mass is 254 g/mol. The van der Waals surface area contributed by atoms with Gasteiger partial charge >= 0.3 is 0 Å². The fourth-order valence-corrected chi connectivity index (χ4v) is 2.09. The molecule has 0 saturated carbocycles. The molecule has 0 aliphatic heterocycles. The molecule has 0 rings (SSSR count). The summed E-state index contributed by atoms with van der Waals surface area (Å²) in [6.45, 7) is 4.67. The van der Waals surface area contributed by atoms with Gasteiger partial charge in [-0.25, -0.2) is 0 Å². The third-order valence-electron chi connectivity index (χ3n) is 3.49. The highest BCUT2D eigenvalue weighted by molar-refractivity contribution is 4.82. The Kier molecular flexibility index (Phi) is 14.5. The van der Waals surface area contributed by atoms with Gasteiger partial charge in [0.05, 0.1) is 0 Å². The molecule has 0 fully saturated rings. The maximum absolute atomic E-state index is 8.88. The molecule has 1 nitrogen and oxygen atoms in total. The van der Waals surface area contributed by atoms with Crippen LogP contribution in [0.15, 0.2) is 12.2 Å². The number of hydrogen-bond donors (Lipinski definition) is 1. The molecule has 18 heavy (non-hydrogen) atoms. The van der Waals surface area contributed by atoms with E-state index in [9.17, 15) is 0 Å². The van der Waals surface area contributed by atoms with Crippen molar-refractivity contribution in [1.82, 2.24) is 0 Å². The van der Waals surface area contributed by atoms with Crippen LogP contribution in [0.4, 0.5) is 0 Å². The lowest BCUT2D eigenvalue weighted by Gasteiger charge is -2.02. The topological polar surface area (TPSA) is 20.2 Å². The quantitative estimate of drug-likeness (QED) is 0.341. The minimum Gasteiger partial charge on any atom is -0.396 e. The van der Waals surface area contributed by atoms with Gasteiger partial charge in [0, 0.05) is 6.61 Å². The molecule has 0 aromatic carbocycles. The lowest BCUT2D eigenvalue weighted by molar-refractivity contribution is 0.239. The van der Waals surface area contributed by atoms with Crippen molar-refractivity contribution >= 4 is 0 Å².